The maximum atomic E-state index is 13.4. The third kappa shape index (κ3) is 6.26. The molecule has 41 heavy (non-hydrogen) atoms. The van der Waals surface area contributed by atoms with Crippen LogP contribution in [0.3, 0.4) is 0 Å². The number of fused-ring (bicyclic) bond motifs is 3. The SMILES string of the molecule is CN(C)CC(NC(=O)OCC1c2ccccc2-c2ccccc21)C(=O)NC1(C(=O)O)CCN(Cc2ccccc2)C1. The van der Waals surface area contributed by atoms with Gasteiger partial charge in [-0.3, -0.25) is 9.69 Å². The van der Waals surface area contributed by atoms with Crippen LogP contribution in [-0.2, 0) is 20.9 Å². The van der Waals surface area contributed by atoms with Crippen molar-refractivity contribution in [2.24, 2.45) is 0 Å². The van der Waals surface area contributed by atoms with Gasteiger partial charge in [-0.05, 0) is 48.3 Å². The number of nitrogens with one attached hydrogen (secondary N) is 2. The van der Waals surface area contributed by atoms with E-state index in [4.69, 9.17) is 4.74 Å². The van der Waals surface area contributed by atoms with Gasteiger partial charge in [-0.25, -0.2) is 9.59 Å². The van der Waals surface area contributed by atoms with Crippen LogP contribution in [0.4, 0.5) is 4.79 Å². The molecule has 0 spiro atoms. The Morgan fingerprint density at radius 3 is 2.20 bits per heavy atom. The Morgan fingerprint density at radius 1 is 0.976 bits per heavy atom. The zero-order valence-electron chi connectivity index (χ0n) is 23.4. The molecule has 1 fully saturated rings. The third-order valence-electron chi connectivity index (χ3n) is 7.87. The van der Waals surface area contributed by atoms with E-state index in [1.165, 1.54) is 0 Å². The summed E-state index contributed by atoms with van der Waals surface area (Å²) in [6.45, 7) is 1.58. The third-order valence-corrected chi connectivity index (χ3v) is 7.87. The second-order valence-corrected chi connectivity index (χ2v) is 11.1. The lowest BCUT2D eigenvalue weighted by molar-refractivity contribution is -0.147. The molecule has 3 N–H and O–H groups in total. The number of amides is 2. The average Bonchev–Trinajstić information content (AvgIpc) is 3.51. The molecule has 0 aromatic heterocycles. The molecule has 3 aromatic rings. The van der Waals surface area contributed by atoms with Crippen molar-refractivity contribution in [3.05, 3.63) is 95.6 Å². The number of likely N-dealkylation sites (N-methyl/N-ethyl adjacent to an activating group) is 1. The molecule has 0 bridgehead atoms. The van der Waals surface area contributed by atoms with Crippen LogP contribution in [0.5, 0.6) is 0 Å². The van der Waals surface area contributed by atoms with E-state index < -0.39 is 29.6 Å². The van der Waals surface area contributed by atoms with Crippen LogP contribution in [0.25, 0.3) is 11.1 Å². The molecule has 9 nitrogen and oxygen atoms in total. The van der Waals surface area contributed by atoms with E-state index in [9.17, 15) is 19.5 Å². The number of likely N-dealkylation sites (tertiary alicyclic amines) is 1. The first-order valence-electron chi connectivity index (χ1n) is 13.8. The molecule has 1 heterocycles. The number of carbonyl (C=O) groups is 3. The molecular weight excluding hydrogens is 520 g/mol. The minimum Gasteiger partial charge on any atom is -0.479 e. The summed E-state index contributed by atoms with van der Waals surface area (Å²) >= 11 is 0. The zero-order valence-corrected chi connectivity index (χ0v) is 23.4. The first kappa shape index (κ1) is 28.3. The predicted octanol–water partition coefficient (Wildman–Crippen LogP) is 3.30. The number of benzene rings is 3. The zero-order chi connectivity index (χ0) is 29.0. The minimum absolute atomic E-state index is 0.112. The van der Waals surface area contributed by atoms with Crippen molar-refractivity contribution in [1.82, 2.24) is 20.4 Å². The van der Waals surface area contributed by atoms with E-state index in [2.05, 4.69) is 22.8 Å². The van der Waals surface area contributed by atoms with Crippen molar-refractivity contribution < 1.29 is 24.2 Å². The van der Waals surface area contributed by atoms with Crippen LogP contribution in [0.1, 0.15) is 29.0 Å². The van der Waals surface area contributed by atoms with E-state index in [1.807, 2.05) is 71.6 Å². The number of rotatable bonds is 10. The normalized spacial score (nSPS) is 18.9. The van der Waals surface area contributed by atoms with Crippen molar-refractivity contribution in [3.8, 4) is 11.1 Å². The Kier molecular flexibility index (Phi) is 8.37. The van der Waals surface area contributed by atoms with Crippen LogP contribution < -0.4 is 10.6 Å². The summed E-state index contributed by atoms with van der Waals surface area (Å²) in [6, 6.07) is 24.9. The number of nitrogens with zero attached hydrogens (tertiary/aromatic N) is 2. The van der Waals surface area contributed by atoms with Crippen LogP contribution in [0.2, 0.25) is 0 Å². The summed E-state index contributed by atoms with van der Waals surface area (Å²) in [4.78, 5) is 42.6. The Hall–Kier alpha value is -4.21. The average molecular weight is 557 g/mol. The molecule has 2 unspecified atom stereocenters. The van der Waals surface area contributed by atoms with E-state index >= 15 is 0 Å². The molecule has 5 rings (SSSR count). The highest BCUT2D eigenvalue weighted by molar-refractivity contribution is 5.92. The molecule has 3 aromatic carbocycles. The number of carboxylic acid groups (broad SMARTS) is 1. The number of carboxylic acids is 1. The number of alkyl carbamates (subject to hydrolysis) is 1. The lowest BCUT2D eigenvalue weighted by Crippen LogP contribution is -2.62. The largest absolute Gasteiger partial charge is 0.479 e. The monoisotopic (exact) mass is 556 g/mol. The predicted molar refractivity (Wildman–Crippen MR) is 155 cm³/mol. The molecule has 0 saturated carbocycles. The second-order valence-electron chi connectivity index (χ2n) is 11.1. The molecule has 2 aliphatic rings. The fraction of sp³-hybridized carbons (Fsp3) is 0.344. The highest BCUT2D eigenvalue weighted by Gasteiger charge is 2.47. The molecule has 1 aliphatic heterocycles. The quantitative estimate of drug-likeness (QED) is 0.351. The van der Waals surface area contributed by atoms with Crippen LogP contribution in [0.15, 0.2) is 78.9 Å². The molecule has 2 amide bonds. The molecular formula is C32H36N4O5. The second kappa shape index (κ2) is 12.1. The molecule has 214 valence electrons. The summed E-state index contributed by atoms with van der Waals surface area (Å²) in [5, 5.41) is 15.6. The molecule has 1 saturated heterocycles. The maximum Gasteiger partial charge on any atom is 0.407 e. The first-order valence-corrected chi connectivity index (χ1v) is 13.8. The molecule has 0 radical (unpaired) electrons. The van der Waals surface area contributed by atoms with Crippen molar-refractivity contribution in [2.45, 2.75) is 30.5 Å². The van der Waals surface area contributed by atoms with E-state index in [0.29, 0.717) is 13.1 Å². The van der Waals surface area contributed by atoms with Crippen molar-refractivity contribution in [1.29, 1.82) is 0 Å². The van der Waals surface area contributed by atoms with Gasteiger partial charge >= 0.3 is 12.1 Å². The molecule has 1 aliphatic carbocycles. The summed E-state index contributed by atoms with van der Waals surface area (Å²) in [5.41, 5.74) is 4.06. The van der Waals surface area contributed by atoms with Gasteiger partial charge in [-0.15, -0.1) is 0 Å². The fourth-order valence-corrected chi connectivity index (χ4v) is 5.86. The van der Waals surface area contributed by atoms with Crippen molar-refractivity contribution >= 4 is 18.0 Å². The van der Waals surface area contributed by atoms with Gasteiger partial charge in [0.15, 0.2) is 5.54 Å². The lowest BCUT2D eigenvalue weighted by atomic mass is 9.98. The van der Waals surface area contributed by atoms with Gasteiger partial charge in [0.25, 0.3) is 0 Å². The Labute approximate surface area is 240 Å². The van der Waals surface area contributed by atoms with Gasteiger partial charge in [0.2, 0.25) is 5.91 Å². The van der Waals surface area contributed by atoms with E-state index in [0.717, 1.165) is 27.8 Å². The van der Waals surface area contributed by atoms with Gasteiger partial charge in [0, 0.05) is 32.1 Å². The lowest BCUT2D eigenvalue weighted by Gasteiger charge is -2.30. The number of hydrogen-bond donors (Lipinski definition) is 3. The maximum absolute atomic E-state index is 13.4. The smallest absolute Gasteiger partial charge is 0.407 e. The molecule has 2 atom stereocenters. The summed E-state index contributed by atoms with van der Waals surface area (Å²) in [6.07, 6.45) is -0.462. The topological polar surface area (TPSA) is 111 Å². The van der Waals surface area contributed by atoms with Gasteiger partial charge in [0.1, 0.15) is 12.6 Å². The highest BCUT2D eigenvalue weighted by Crippen LogP contribution is 2.44. The van der Waals surface area contributed by atoms with E-state index in [1.54, 1.807) is 19.0 Å². The van der Waals surface area contributed by atoms with Gasteiger partial charge in [-0.2, -0.15) is 0 Å². The van der Waals surface area contributed by atoms with Gasteiger partial charge in [0.05, 0.1) is 0 Å². The Morgan fingerprint density at radius 2 is 1.59 bits per heavy atom. The summed E-state index contributed by atoms with van der Waals surface area (Å²) in [5.74, 6) is -1.76. The molecule has 9 heteroatoms. The number of ether oxygens (including phenoxy) is 1. The van der Waals surface area contributed by atoms with Crippen LogP contribution in [0, 0.1) is 0 Å². The van der Waals surface area contributed by atoms with Crippen LogP contribution >= 0.6 is 0 Å². The Balaban J connectivity index is 1.23. The Bertz CT molecular complexity index is 1370. The summed E-state index contributed by atoms with van der Waals surface area (Å²) < 4.78 is 5.65. The minimum atomic E-state index is -1.45. The van der Waals surface area contributed by atoms with E-state index in [-0.39, 0.29) is 32.0 Å². The standard InChI is InChI=1S/C32H36N4O5/c1-35(2)19-28(29(37)34-32(30(38)39)16-17-36(21-32)18-22-10-4-3-5-11-22)33-31(40)41-20-27-25-14-8-6-12-23(25)24-13-7-9-15-26(24)27/h3-15,27-28H,16-21H2,1-2H3,(H,33,40)(H,34,37)(H,38,39). The van der Waals surface area contributed by atoms with Crippen molar-refractivity contribution in [3.63, 3.8) is 0 Å². The fourth-order valence-electron chi connectivity index (χ4n) is 5.86. The van der Waals surface area contributed by atoms with Gasteiger partial charge < -0.3 is 25.4 Å². The highest BCUT2D eigenvalue weighted by atomic mass is 16.5. The number of aliphatic carboxylic acids is 1. The summed E-state index contributed by atoms with van der Waals surface area (Å²) in [7, 11) is 3.56. The van der Waals surface area contributed by atoms with Gasteiger partial charge in [-0.1, -0.05) is 78.9 Å². The number of hydrogen-bond acceptors (Lipinski definition) is 6. The van der Waals surface area contributed by atoms with Crippen molar-refractivity contribution in [2.75, 3.05) is 40.3 Å². The number of carbonyl (C=O) groups excluding carboxylic acids is 2. The van der Waals surface area contributed by atoms with Crippen LogP contribution in [-0.4, -0.2) is 84.8 Å². The first-order chi connectivity index (χ1) is 19.8.